The fraction of sp³-hybridized carbons (Fsp3) is 0.438. The molecule has 1 fully saturated rings. The molecule has 0 unspecified atom stereocenters. The van der Waals surface area contributed by atoms with Gasteiger partial charge in [-0.3, -0.25) is 14.7 Å². The monoisotopic (exact) mass is 300 g/mol. The van der Waals surface area contributed by atoms with Crippen molar-refractivity contribution in [2.45, 2.75) is 31.8 Å². The van der Waals surface area contributed by atoms with Crippen molar-refractivity contribution >= 4 is 5.91 Å². The molecule has 6 nitrogen and oxygen atoms in total. The van der Waals surface area contributed by atoms with E-state index in [1.165, 1.54) is 12.8 Å². The molecule has 1 amide bonds. The second-order valence-electron chi connectivity index (χ2n) is 5.76. The van der Waals surface area contributed by atoms with E-state index in [1.807, 2.05) is 36.2 Å². The van der Waals surface area contributed by atoms with Gasteiger partial charge in [0.05, 0.1) is 18.8 Å². The van der Waals surface area contributed by atoms with E-state index in [2.05, 4.69) is 15.5 Å². The number of hydrogen-bond donors (Lipinski definition) is 1. The Kier molecular flexibility index (Phi) is 4.48. The summed E-state index contributed by atoms with van der Waals surface area (Å²) < 4.78 is 5.26. The quantitative estimate of drug-likeness (QED) is 0.842. The number of aromatic nitrogens is 2. The van der Waals surface area contributed by atoms with Gasteiger partial charge in [0.25, 0.3) is 0 Å². The predicted octanol–water partition coefficient (Wildman–Crippen LogP) is 1.70. The van der Waals surface area contributed by atoms with Crippen LogP contribution in [0.5, 0.6) is 0 Å². The Balaban J connectivity index is 1.41. The Hall–Kier alpha value is -2.21. The third kappa shape index (κ3) is 4.14. The van der Waals surface area contributed by atoms with E-state index in [0.29, 0.717) is 25.6 Å². The maximum absolute atomic E-state index is 11.9. The van der Waals surface area contributed by atoms with Crippen LogP contribution in [0.15, 0.2) is 35.0 Å². The van der Waals surface area contributed by atoms with E-state index in [-0.39, 0.29) is 5.91 Å². The first-order valence-corrected chi connectivity index (χ1v) is 7.51. The van der Waals surface area contributed by atoms with E-state index < -0.39 is 0 Å². The van der Waals surface area contributed by atoms with Crippen LogP contribution in [0.25, 0.3) is 0 Å². The summed E-state index contributed by atoms with van der Waals surface area (Å²) in [5, 5.41) is 6.85. The molecule has 0 aliphatic heterocycles. The number of hydrogen-bond acceptors (Lipinski definition) is 5. The Morgan fingerprint density at radius 1 is 1.41 bits per heavy atom. The third-order valence-corrected chi connectivity index (χ3v) is 3.60. The summed E-state index contributed by atoms with van der Waals surface area (Å²) >= 11 is 0. The number of amides is 1. The molecule has 0 bridgehead atoms. The molecule has 6 heteroatoms. The molecule has 2 aromatic heterocycles. The van der Waals surface area contributed by atoms with Gasteiger partial charge in [0.2, 0.25) is 5.91 Å². The van der Waals surface area contributed by atoms with E-state index in [0.717, 1.165) is 17.1 Å². The Bertz CT molecular complexity index is 622. The number of pyridine rings is 1. The fourth-order valence-corrected chi connectivity index (χ4v) is 2.29. The lowest BCUT2D eigenvalue weighted by molar-refractivity contribution is -0.122. The molecule has 22 heavy (non-hydrogen) atoms. The molecule has 0 saturated heterocycles. The van der Waals surface area contributed by atoms with Crippen LogP contribution in [0.4, 0.5) is 0 Å². The van der Waals surface area contributed by atoms with Crippen LogP contribution in [0.1, 0.15) is 35.9 Å². The van der Waals surface area contributed by atoms with Crippen LogP contribution >= 0.6 is 0 Å². The molecular weight excluding hydrogens is 280 g/mol. The summed E-state index contributed by atoms with van der Waals surface area (Å²) in [5.74, 6) is 1.45. The summed E-state index contributed by atoms with van der Waals surface area (Å²) in [6, 6.07) is 7.71. The van der Waals surface area contributed by atoms with E-state index in [4.69, 9.17) is 4.52 Å². The van der Waals surface area contributed by atoms with E-state index in [9.17, 15) is 4.79 Å². The fourth-order valence-electron chi connectivity index (χ4n) is 2.29. The summed E-state index contributed by atoms with van der Waals surface area (Å²) in [6.07, 6.45) is 4.11. The number of carbonyl (C=O) groups excluding carboxylic acids is 1. The minimum Gasteiger partial charge on any atom is -0.361 e. The molecule has 0 aromatic carbocycles. The summed E-state index contributed by atoms with van der Waals surface area (Å²) in [7, 11) is 1.90. The highest BCUT2D eigenvalue weighted by Crippen LogP contribution is 2.40. The second-order valence-corrected chi connectivity index (χ2v) is 5.76. The van der Waals surface area contributed by atoms with Gasteiger partial charge < -0.3 is 9.84 Å². The minimum atomic E-state index is -0.0330. The summed E-state index contributed by atoms with van der Waals surface area (Å²) in [4.78, 5) is 18.1. The highest BCUT2D eigenvalue weighted by atomic mass is 16.5. The first-order valence-electron chi connectivity index (χ1n) is 7.51. The van der Waals surface area contributed by atoms with Gasteiger partial charge in [-0.05, 0) is 32.0 Å². The number of rotatable bonds is 7. The number of nitrogens with zero attached hydrogens (tertiary/aromatic N) is 3. The SMILES string of the molecule is CN(CC(=O)NCc1cc(C2CC2)on1)Cc1ccccn1. The van der Waals surface area contributed by atoms with Crippen LogP contribution in [-0.4, -0.2) is 34.5 Å². The molecule has 1 aliphatic rings. The lowest BCUT2D eigenvalue weighted by Gasteiger charge is -2.15. The Morgan fingerprint density at radius 2 is 2.27 bits per heavy atom. The van der Waals surface area contributed by atoms with Gasteiger partial charge in [-0.25, -0.2) is 0 Å². The maximum atomic E-state index is 11.9. The topological polar surface area (TPSA) is 71.3 Å². The molecule has 116 valence electrons. The van der Waals surface area contributed by atoms with Crippen molar-refractivity contribution in [2.24, 2.45) is 0 Å². The largest absolute Gasteiger partial charge is 0.361 e. The molecular formula is C16H20N4O2. The van der Waals surface area contributed by atoms with Crippen molar-refractivity contribution in [3.8, 4) is 0 Å². The third-order valence-electron chi connectivity index (χ3n) is 3.60. The molecule has 2 heterocycles. The van der Waals surface area contributed by atoms with Gasteiger partial charge in [0.1, 0.15) is 11.5 Å². The molecule has 1 aliphatic carbocycles. The van der Waals surface area contributed by atoms with Crippen LogP contribution < -0.4 is 5.32 Å². The van der Waals surface area contributed by atoms with E-state index >= 15 is 0 Å². The zero-order valence-electron chi connectivity index (χ0n) is 12.7. The minimum absolute atomic E-state index is 0.0330. The van der Waals surface area contributed by atoms with Crippen LogP contribution in [0.3, 0.4) is 0 Å². The normalized spacial score (nSPS) is 14.3. The first kappa shape index (κ1) is 14.7. The van der Waals surface area contributed by atoms with Crippen molar-refractivity contribution < 1.29 is 9.32 Å². The predicted molar refractivity (Wildman–Crippen MR) is 80.9 cm³/mol. The standard InChI is InChI=1S/C16H20N4O2/c1-20(10-13-4-2-3-7-17-13)11-16(21)18-9-14-8-15(22-19-14)12-5-6-12/h2-4,7-8,12H,5-6,9-11H2,1H3,(H,18,21). The molecule has 0 radical (unpaired) electrons. The average molecular weight is 300 g/mol. The molecule has 0 spiro atoms. The zero-order valence-corrected chi connectivity index (χ0v) is 12.7. The van der Waals surface area contributed by atoms with Gasteiger partial charge in [-0.1, -0.05) is 11.2 Å². The Labute approximate surface area is 129 Å². The highest BCUT2D eigenvalue weighted by molar-refractivity contribution is 5.77. The summed E-state index contributed by atoms with van der Waals surface area (Å²) in [6.45, 7) is 1.38. The lowest BCUT2D eigenvalue weighted by Crippen LogP contribution is -2.34. The van der Waals surface area contributed by atoms with Crippen molar-refractivity contribution in [1.29, 1.82) is 0 Å². The summed E-state index contributed by atoms with van der Waals surface area (Å²) in [5.41, 5.74) is 1.73. The maximum Gasteiger partial charge on any atom is 0.234 e. The number of nitrogens with one attached hydrogen (secondary N) is 1. The van der Waals surface area contributed by atoms with E-state index in [1.54, 1.807) is 6.20 Å². The van der Waals surface area contributed by atoms with Crippen LogP contribution in [0, 0.1) is 0 Å². The van der Waals surface area contributed by atoms with Gasteiger partial charge in [0.15, 0.2) is 0 Å². The van der Waals surface area contributed by atoms with Crippen molar-refractivity contribution in [3.05, 3.63) is 47.6 Å². The van der Waals surface area contributed by atoms with Crippen LogP contribution in [0.2, 0.25) is 0 Å². The van der Waals surface area contributed by atoms with Gasteiger partial charge in [0, 0.05) is 24.7 Å². The average Bonchev–Trinajstić information content (AvgIpc) is 3.25. The van der Waals surface area contributed by atoms with Gasteiger partial charge >= 0.3 is 0 Å². The number of likely N-dealkylation sites (N-methyl/N-ethyl adjacent to an activating group) is 1. The lowest BCUT2D eigenvalue weighted by atomic mass is 10.3. The second kappa shape index (κ2) is 6.70. The van der Waals surface area contributed by atoms with Crippen LogP contribution in [-0.2, 0) is 17.9 Å². The molecule has 1 saturated carbocycles. The number of carbonyl (C=O) groups is 1. The Morgan fingerprint density at radius 3 is 3.00 bits per heavy atom. The van der Waals surface area contributed by atoms with Crippen molar-refractivity contribution in [1.82, 2.24) is 20.4 Å². The highest BCUT2D eigenvalue weighted by Gasteiger charge is 2.27. The molecule has 2 aromatic rings. The molecule has 3 rings (SSSR count). The van der Waals surface area contributed by atoms with Gasteiger partial charge in [-0.2, -0.15) is 0 Å². The molecule has 1 N–H and O–H groups in total. The van der Waals surface area contributed by atoms with Gasteiger partial charge in [-0.15, -0.1) is 0 Å². The molecule has 0 atom stereocenters. The zero-order chi connectivity index (χ0) is 15.4. The van der Waals surface area contributed by atoms with Crippen molar-refractivity contribution in [2.75, 3.05) is 13.6 Å². The van der Waals surface area contributed by atoms with Crippen molar-refractivity contribution in [3.63, 3.8) is 0 Å². The first-order chi connectivity index (χ1) is 10.7. The smallest absolute Gasteiger partial charge is 0.234 e.